The second-order valence-corrected chi connectivity index (χ2v) is 7.99. The summed E-state index contributed by atoms with van der Waals surface area (Å²) in [5, 5.41) is 4.11. The molecule has 9 heteroatoms. The van der Waals surface area contributed by atoms with Crippen LogP contribution in [0.1, 0.15) is 30.0 Å². The van der Waals surface area contributed by atoms with Gasteiger partial charge in [-0.2, -0.15) is 4.98 Å². The van der Waals surface area contributed by atoms with Crippen LogP contribution < -0.4 is 16.6 Å². The van der Waals surface area contributed by atoms with Gasteiger partial charge in [0.2, 0.25) is 5.95 Å². The number of nitrogens with one attached hydrogen (secondary N) is 1. The van der Waals surface area contributed by atoms with Crippen LogP contribution >= 0.6 is 0 Å². The Morgan fingerprint density at radius 3 is 2.65 bits per heavy atom. The van der Waals surface area contributed by atoms with E-state index in [9.17, 15) is 9.59 Å². The molecule has 5 rings (SSSR count). The highest BCUT2D eigenvalue weighted by molar-refractivity contribution is 5.86. The maximum atomic E-state index is 12.9. The van der Waals surface area contributed by atoms with E-state index in [1.807, 2.05) is 26.0 Å². The molecule has 0 atom stereocenters. The number of hydrogen-bond acceptors (Lipinski definition) is 7. The molecular formula is C22H23N5O4. The lowest BCUT2D eigenvalue weighted by atomic mass is 10.1. The van der Waals surface area contributed by atoms with E-state index >= 15 is 0 Å². The average Bonchev–Trinajstić information content (AvgIpc) is 2.99. The summed E-state index contributed by atoms with van der Waals surface area (Å²) in [5.41, 5.74) is 3.91. The summed E-state index contributed by atoms with van der Waals surface area (Å²) in [7, 11) is 1.74. The van der Waals surface area contributed by atoms with E-state index in [2.05, 4.69) is 10.3 Å². The number of benzene rings is 1. The molecule has 0 unspecified atom stereocenters. The first-order valence-corrected chi connectivity index (χ1v) is 10.3. The molecule has 0 aliphatic carbocycles. The van der Waals surface area contributed by atoms with E-state index in [4.69, 9.17) is 14.1 Å². The number of aromatic nitrogens is 4. The van der Waals surface area contributed by atoms with Gasteiger partial charge in [0.1, 0.15) is 11.1 Å². The third-order valence-electron chi connectivity index (χ3n) is 5.93. The summed E-state index contributed by atoms with van der Waals surface area (Å²) in [4.78, 5) is 33.7. The van der Waals surface area contributed by atoms with E-state index in [0.29, 0.717) is 35.9 Å². The number of aryl methyl sites for hydroxylation is 3. The number of fused-ring (bicyclic) bond motifs is 2. The third kappa shape index (κ3) is 3.31. The van der Waals surface area contributed by atoms with Gasteiger partial charge in [-0.15, -0.1) is 0 Å². The van der Waals surface area contributed by atoms with Gasteiger partial charge in [0, 0.05) is 43.4 Å². The lowest BCUT2D eigenvalue weighted by molar-refractivity contribution is 0.0695. The summed E-state index contributed by atoms with van der Waals surface area (Å²) in [6.45, 7) is 5.06. The summed E-state index contributed by atoms with van der Waals surface area (Å²) in [6.07, 6.45) is 3.22. The van der Waals surface area contributed by atoms with Crippen LogP contribution in [0.5, 0.6) is 0 Å². The topological polar surface area (TPSA) is 104 Å². The van der Waals surface area contributed by atoms with Crippen molar-refractivity contribution in [3.8, 4) is 0 Å². The number of rotatable bonds is 3. The van der Waals surface area contributed by atoms with Crippen molar-refractivity contribution in [2.45, 2.75) is 32.7 Å². The Balaban J connectivity index is 1.59. The average molecular weight is 421 g/mol. The van der Waals surface area contributed by atoms with Gasteiger partial charge in [0.25, 0.3) is 0 Å². The van der Waals surface area contributed by atoms with Gasteiger partial charge < -0.3 is 14.5 Å². The smallest absolute Gasteiger partial charge is 0.336 e. The minimum absolute atomic E-state index is 0.0562. The Morgan fingerprint density at radius 2 is 1.87 bits per heavy atom. The lowest BCUT2D eigenvalue weighted by Gasteiger charge is -2.22. The molecular weight excluding hydrogens is 398 g/mol. The zero-order valence-corrected chi connectivity index (χ0v) is 17.6. The predicted octanol–water partition coefficient (Wildman–Crippen LogP) is 2.95. The van der Waals surface area contributed by atoms with Crippen LogP contribution in [-0.4, -0.2) is 32.3 Å². The quantitative estimate of drug-likeness (QED) is 0.507. The van der Waals surface area contributed by atoms with Gasteiger partial charge in [-0.1, -0.05) is 0 Å². The van der Waals surface area contributed by atoms with Gasteiger partial charge >= 0.3 is 11.3 Å². The molecule has 9 nitrogen and oxygen atoms in total. The maximum Gasteiger partial charge on any atom is 0.336 e. The molecule has 0 saturated carbocycles. The highest BCUT2D eigenvalue weighted by Gasteiger charge is 2.23. The lowest BCUT2D eigenvalue weighted by Crippen LogP contribution is -2.30. The number of hydrogen-bond donors (Lipinski definition) is 1. The van der Waals surface area contributed by atoms with Crippen molar-refractivity contribution in [3.05, 3.63) is 56.4 Å². The van der Waals surface area contributed by atoms with Gasteiger partial charge in [-0.05, 0) is 49.9 Å². The van der Waals surface area contributed by atoms with Gasteiger partial charge in [-0.3, -0.25) is 9.13 Å². The van der Waals surface area contributed by atoms with Crippen molar-refractivity contribution in [1.82, 2.24) is 19.1 Å². The van der Waals surface area contributed by atoms with Crippen LogP contribution in [0.3, 0.4) is 0 Å². The molecule has 0 radical (unpaired) electrons. The Labute approximate surface area is 177 Å². The first kappa shape index (κ1) is 19.5. The van der Waals surface area contributed by atoms with E-state index in [0.717, 1.165) is 35.0 Å². The second kappa shape index (κ2) is 7.35. The largest absolute Gasteiger partial charge is 0.423 e. The van der Waals surface area contributed by atoms with Crippen molar-refractivity contribution in [1.29, 1.82) is 0 Å². The van der Waals surface area contributed by atoms with Crippen LogP contribution in [-0.2, 0) is 11.8 Å². The van der Waals surface area contributed by atoms with Crippen molar-refractivity contribution >= 4 is 33.8 Å². The molecule has 1 aliphatic rings. The van der Waals surface area contributed by atoms with Gasteiger partial charge in [0.05, 0.1) is 6.20 Å². The SMILES string of the molecule is Cc1cc2oc(=O)cc(C)c2cc1Nc1ncc2c(n1)n(C1CCOCC1)c(=O)n2C. The van der Waals surface area contributed by atoms with E-state index in [1.54, 1.807) is 22.4 Å². The van der Waals surface area contributed by atoms with Crippen LogP contribution in [0.4, 0.5) is 11.6 Å². The molecule has 1 fully saturated rings. The predicted molar refractivity (Wildman–Crippen MR) is 117 cm³/mol. The van der Waals surface area contributed by atoms with Crippen LogP contribution in [0, 0.1) is 13.8 Å². The Kier molecular flexibility index (Phi) is 4.62. The monoisotopic (exact) mass is 421 g/mol. The molecule has 0 spiro atoms. The Bertz CT molecular complexity index is 1430. The molecule has 1 aliphatic heterocycles. The number of imidazole rings is 1. The fourth-order valence-electron chi connectivity index (χ4n) is 4.19. The van der Waals surface area contributed by atoms with Crippen molar-refractivity contribution in [2.24, 2.45) is 7.05 Å². The van der Waals surface area contributed by atoms with Crippen molar-refractivity contribution < 1.29 is 9.15 Å². The molecule has 4 aromatic rings. The summed E-state index contributed by atoms with van der Waals surface area (Å²) < 4.78 is 14.1. The van der Waals surface area contributed by atoms with Gasteiger partial charge in [0.15, 0.2) is 5.65 Å². The number of ether oxygens (including phenoxy) is 1. The fourth-order valence-corrected chi connectivity index (χ4v) is 4.19. The second-order valence-electron chi connectivity index (χ2n) is 7.99. The molecule has 160 valence electrons. The van der Waals surface area contributed by atoms with Crippen LogP contribution in [0.25, 0.3) is 22.1 Å². The zero-order chi connectivity index (χ0) is 21.7. The Hall–Kier alpha value is -3.46. The molecule has 0 bridgehead atoms. The van der Waals surface area contributed by atoms with E-state index in [-0.39, 0.29) is 17.4 Å². The molecule has 3 aromatic heterocycles. The molecule has 0 amide bonds. The molecule has 1 aromatic carbocycles. The molecule has 1 N–H and O–H groups in total. The third-order valence-corrected chi connectivity index (χ3v) is 5.93. The minimum atomic E-state index is -0.367. The van der Waals surface area contributed by atoms with E-state index < -0.39 is 0 Å². The van der Waals surface area contributed by atoms with Gasteiger partial charge in [-0.25, -0.2) is 14.6 Å². The van der Waals surface area contributed by atoms with Crippen LogP contribution in [0.15, 0.2) is 38.4 Å². The Morgan fingerprint density at radius 1 is 1.10 bits per heavy atom. The first-order valence-electron chi connectivity index (χ1n) is 10.3. The summed E-state index contributed by atoms with van der Waals surface area (Å²) in [5.74, 6) is 0.399. The summed E-state index contributed by atoms with van der Waals surface area (Å²) in [6, 6.07) is 5.28. The van der Waals surface area contributed by atoms with Crippen LogP contribution in [0.2, 0.25) is 0 Å². The van der Waals surface area contributed by atoms with Crippen molar-refractivity contribution in [2.75, 3.05) is 18.5 Å². The highest BCUT2D eigenvalue weighted by Crippen LogP contribution is 2.28. The minimum Gasteiger partial charge on any atom is -0.423 e. The molecule has 4 heterocycles. The fraction of sp³-hybridized carbons (Fsp3) is 0.364. The van der Waals surface area contributed by atoms with E-state index in [1.165, 1.54) is 6.07 Å². The van der Waals surface area contributed by atoms with Crippen molar-refractivity contribution in [3.63, 3.8) is 0 Å². The molecule has 31 heavy (non-hydrogen) atoms. The molecule has 1 saturated heterocycles. The number of nitrogens with zero attached hydrogens (tertiary/aromatic N) is 4. The zero-order valence-electron chi connectivity index (χ0n) is 17.6. The maximum absolute atomic E-state index is 12.9. The highest BCUT2D eigenvalue weighted by atomic mass is 16.5. The first-order chi connectivity index (χ1) is 14.9. The number of anilines is 2. The summed E-state index contributed by atoms with van der Waals surface area (Å²) >= 11 is 0. The normalized spacial score (nSPS) is 15.1. The standard InChI is InChI=1S/C22H23N5O4/c1-12-9-19(28)31-18-8-13(2)16(10-15(12)18)24-21-23-11-17-20(25-21)27(22(29)26(17)3)14-4-6-30-7-5-14/h8-11,14H,4-7H2,1-3H3,(H,23,24,25).